The van der Waals surface area contributed by atoms with Crippen LogP contribution in [0.1, 0.15) is 19.8 Å². The average molecular weight is 197 g/mol. The molecule has 0 bridgehead atoms. The van der Waals surface area contributed by atoms with Gasteiger partial charge in [0.2, 0.25) is 0 Å². The number of likely N-dealkylation sites (tertiary alicyclic amines) is 1. The summed E-state index contributed by atoms with van der Waals surface area (Å²) in [6.45, 7) is 9.73. The summed E-state index contributed by atoms with van der Waals surface area (Å²) in [6.07, 6.45) is 2.79. The first-order chi connectivity index (χ1) is 6.84. The van der Waals surface area contributed by atoms with Gasteiger partial charge in [-0.05, 0) is 31.8 Å². The number of piperidine rings is 1. The van der Waals surface area contributed by atoms with Crippen LogP contribution in [0.15, 0.2) is 0 Å². The predicted molar refractivity (Wildman–Crippen MR) is 59.5 cm³/mol. The van der Waals surface area contributed by atoms with Crippen molar-refractivity contribution in [3.05, 3.63) is 0 Å². The van der Waals surface area contributed by atoms with Gasteiger partial charge in [0.05, 0.1) is 0 Å². The molecule has 3 heteroatoms. The lowest BCUT2D eigenvalue weighted by molar-refractivity contribution is 0.188. The lowest BCUT2D eigenvalue weighted by Gasteiger charge is -2.32. The van der Waals surface area contributed by atoms with Crippen molar-refractivity contribution in [2.24, 2.45) is 5.92 Å². The Bertz CT molecular complexity index is 160. The summed E-state index contributed by atoms with van der Waals surface area (Å²) in [6, 6.07) is 0.749. The Labute approximate surface area is 87.2 Å². The smallest absolute Gasteiger partial charge is 0.0318 e. The fraction of sp³-hybridized carbons (Fsp3) is 1.00. The fourth-order valence-electron chi connectivity index (χ4n) is 2.15. The van der Waals surface area contributed by atoms with E-state index in [2.05, 4.69) is 22.5 Å². The van der Waals surface area contributed by atoms with Gasteiger partial charge in [0.15, 0.2) is 0 Å². The first kappa shape index (κ1) is 10.4. The molecule has 0 aliphatic carbocycles. The molecule has 2 heterocycles. The normalized spacial score (nSPS) is 26.4. The molecule has 0 aromatic rings. The maximum Gasteiger partial charge on any atom is 0.0318 e. The van der Waals surface area contributed by atoms with Gasteiger partial charge in [-0.15, -0.1) is 0 Å². The Kier molecular flexibility index (Phi) is 3.79. The van der Waals surface area contributed by atoms with Gasteiger partial charge >= 0.3 is 0 Å². The highest BCUT2D eigenvalue weighted by Crippen LogP contribution is 2.15. The molecular weight excluding hydrogens is 174 g/mol. The van der Waals surface area contributed by atoms with E-state index in [-0.39, 0.29) is 0 Å². The zero-order valence-electron chi connectivity index (χ0n) is 9.26. The van der Waals surface area contributed by atoms with E-state index in [0.717, 1.165) is 25.0 Å². The quantitative estimate of drug-likeness (QED) is 0.678. The molecule has 0 saturated carbocycles. The minimum atomic E-state index is 0.749. The first-order valence-corrected chi connectivity index (χ1v) is 6.01. The molecule has 2 aliphatic heterocycles. The molecule has 0 unspecified atom stereocenters. The Hall–Kier alpha value is -0.120. The highest BCUT2D eigenvalue weighted by molar-refractivity contribution is 4.81. The summed E-state index contributed by atoms with van der Waals surface area (Å²) in [5, 5.41) is 6.85. The summed E-state index contributed by atoms with van der Waals surface area (Å²) in [4.78, 5) is 2.60. The molecule has 2 saturated heterocycles. The maximum absolute atomic E-state index is 3.57. The molecule has 2 rings (SSSR count). The van der Waals surface area contributed by atoms with Crippen molar-refractivity contribution in [3.63, 3.8) is 0 Å². The van der Waals surface area contributed by atoms with E-state index in [1.165, 1.54) is 39.0 Å². The van der Waals surface area contributed by atoms with E-state index in [9.17, 15) is 0 Å². The zero-order valence-corrected chi connectivity index (χ0v) is 9.26. The van der Waals surface area contributed by atoms with E-state index < -0.39 is 0 Å². The molecule has 2 fully saturated rings. The van der Waals surface area contributed by atoms with Crippen LogP contribution in [0, 0.1) is 5.92 Å². The molecule has 14 heavy (non-hydrogen) atoms. The van der Waals surface area contributed by atoms with Crippen molar-refractivity contribution in [1.29, 1.82) is 0 Å². The summed E-state index contributed by atoms with van der Waals surface area (Å²) in [5.74, 6) is 0.954. The Balaban J connectivity index is 1.52. The third kappa shape index (κ3) is 2.94. The van der Waals surface area contributed by atoms with Gasteiger partial charge in [-0.25, -0.2) is 0 Å². The molecular formula is C11H23N3. The highest BCUT2D eigenvalue weighted by Gasteiger charge is 2.17. The lowest BCUT2D eigenvalue weighted by atomic mass is 9.99. The van der Waals surface area contributed by atoms with E-state index in [1.807, 2.05) is 0 Å². The van der Waals surface area contributed by atoms with Crippen LogP contribution in [-0.2, 0) is 0 Å². The number of rotatable bonds is 4. The van der Waals surface area contributed by atoms with Gasteiger partial charge in [0, 0.05) is 32.2 Å². The van der Waals surface area contributed by atoms with Crippen molar-refractivity contribution >= 4 is 0 Å². The van der Waals surface area contributed by atoms with Crippen LogP contribution < -0.4 is 10.6 Å². The molecule has 2 N–H and O–H groups in total. The molecule has 0 amide bonds. The SMILES string of the molecule is CC1CCN(CCNC2CNC2)CC1. The third-order valence-corrected chi connectivity index (χ3v) is 3.52. The zero-order chi connectivity index (χ0) is 9.80. The molecule has 3 nitrogen and oxygen atoms in total. The van der Waals surface area contributed by atoms with Crippen molar-refractivity contribution in [2.45, 2.75) is 25.8 Å². The third-order valence-electron chi connectivity index (χ3n) is 3.52. The fourth-order valence-corrected chi connectivity index (χ4v) is 2.15. The largest absolute Gasteiger partial charge is 0.314 e. The van der Waals surface area contributed by atoms with Crippen LogP contribution in [0.25, 0.3) is 0 Å². The maximum atomic E-state index is 3.57. The number of nitrogens with one attached hydrogen (secondary N) is 2. The van der Waals surface area contributed by atoms with Crippen LogP contribution in [0.4, 0.5) is 0 Å². The molecule has 2 aliphatic rings. The summed E-state index contributed by atoms with van der Waals surface area (Å²) < 4.78 is 0. The standard InChI is InChI=1S/C11H23N3/c1-10-2-5-14(6-3-10)7-4-13-11-8-12-9-11/h10-13H,2-9H2,1H3. The van der Waals surface area contributed by atoms with Crippen LogP contribution in [-0.4, -0.2) is 50.2 Å². The van der Waals surface area contributed by atoms with Gasteiger partial charge < -0.3 is 15.5 Å². The first-order valence-electron chi connectivity index (χ1n) is 6.01. The lowest BCUT2D eigenvalue weighted by Crippen LogP contribution is -2.56. The monoisotopic (exact) mass is 197 g/mol. The highest BCUT2D eigenvalue weighted by atomic mass is 15.2. The molecule has 0 aromatic carbocycles. The summed E-state index contributed by atoms with van der Waals surface area (Å²) >= 11 is 0. The minimum absolute atomic E-state index is 0.749. The van der Waals surface area contributed by atoms with Crippen molar-refractivity contribution in [2.75, 3.05) is 39.3 Å². The van der Waals surface area contributed by atoms with Crippen LogP contribution in [0.3, 0.4) is 0 Å². The van der Waals surface area contributed by atoms with Gasteiger partial charge in [0.1, 0.15) is 0 Å². The van der Waals surface area contributed by atoms with Gasteiger partial charge in [-0.1, -0.05) is 6.92 Å². The predicted octanol–water partition coefficient (Wildman–Crippen LogP) is 0.280. The van der Waals surface area contributed by atoms with E-state index in [1.54, 1.807) is 0 Å². The Morgan fingerprint density at radius 1 is 1.29 bits per heavy atom. The summed E-state index contributed by atoms with van der Waals surface area (Å²) in [5.41, 5.74) is 0. The second-order valence-electron chi connectivity index (χ2n) is 4.83. The van der Waals surface area contributed by atoms with Crippen molar-refractivity contribution < 1.29 is 0 Å². The number of hydrogen-bond donors (Lipinski definition) is 2. The van der Waals surface area contributed by atoms with Crippen LogP contribution >= 0.6 is 0 Å². The average Bonchev–Trinajstić information content (AvgIpc) is 2.12. The van der Waals surface area contributed by atoms with Crippen LogP contribution in [0.5, 0.6) is 0 Å². The van der Waals surface area contributed by atoms with E-state index >= 15 is 0 Å². The Morgan fingerprint density at radius 2 is 2.00 bits per heavy atom. The molecule has 0 aromatic heterocycles. The van der Waals surface area contributed by atoms with Crippen LogP contribution in [0.2, 0.25) is 0 Å². The van der Waals surface area contributed by atoms with Crippen molar-refractivity contribution in [1.82, 2.24) is 15.5 Å². The van der Waals surface area contributed by atoms with Gasteiger partial charge in [-0.3, -0.25) is 0 Å². The van der Waals surface area contributed by atoms with Gasteiger partial charge in [0.25, 0.3) is 0 Å². The summed E-state index contributed by atoms with van der Waals surface area (Å²) in [7, 11) is 0. The second kappa shape index (κ2) is 5.10. The van der Waals surface area contributed by atoms with Crippen molar-refractivity contribution in [3.8, 4) is 0 Å². The molecule has 0 radical (unpaired) electrons. The second-order valence-corrected chi connectivity index (χ2v) is 4.83. The number of hydrogen-bond acceptors (Lipinski definition) is 3. The van der Waals surface area contributed by atoms with E-state index in [0.29, 0.717) is 0 Å². The minimum Gasteiger partial charge on any atom is -0.314 e. The Morgan fingerprint density at radius 3 is 2.57 bits per heavy atom. The van der Waals surface area contributed by atoms with Gasteiger partial charge in [-0.2, -0.15) is 0 Å². The topological polar surface area (TPSA) is 27.3 Å². The molecule has 82 valence electrons. The number of nitrogens with zero attached hydrogens (tertiary/aromatic N) is 1. The molecule has 0 atom stereocenters. The molecule has 0 spiro atoms. The van der Waals surface area contributed by atoms with E-state index in [4.69, 9.17) is 0 Å².